The highest BCUT2D eigenvalue weighted by Gasteiger charge is 2.35. The Balaban J connectivity index is 1.55. The zero-order chi connectivity index (χ0) is 25.5. The van der Waals surface area contributed by atoms with Gasteiger partial charge in [0.2, 0.25) is 0 Å². The molecule has 1 unspecified atom stereocenters. The van der Waals surface area contributed by atoms with Gasteiger partial charge in [-0.1, -0.05) is 17.4 Å². The van der Waals surface area contributed by atoms with E-state index in [4.69, 9.17) is 20.5 Å². The monoisotopic (exact) mass is 506 g/mol. The SMILES string of the molecule is CC(N)(CO)c1nnc(-c2ccc(OCCCCCOc3cccc(C#N)c3)c(C(F)(F)F)c2)s1. The van der Waals surface area contributed by atoms with Gasteiger partial charge in [0.1, 0.15) is 21.5 Å². The van der Waals surface area contributed by atoms with Gasteiger partial charge in [0.25, 0.3) is 0 Å². The summed E-state index contributed by atoms with van der Waals surface area (Å²) < 4.78 is 52.1. The van der Waals surface area contributed by atoms with Gasteiger partial charge in [-0.2, -0.15) is 18.4 Å². The molecule has 1 atom stereocenters. The van der Waals surface area contributed by atoms with E-state index in [1.807, 2.05) is 6.07 Å². The number of alkyl halides is 3. The molecule has 35 heavy (non-hydrogen) atoms. The van der Waals surface area contributed by atoms with Gasteiger partial charge < -0.3 is 20.3 Å². The second-order valence-electron chi connectivity index (χ2n) is 8.09. The maximum atomic E-state index is 13.7. The Hall–Kier alpha value is -3.20. The number of halogens is 3. The largest absolute Gasteiger partial charge is 0.494 e. The normalized spacial score (nSPS) is 13.2. The molecule has 3 N–H and O–H groups in total. The minimum Gasteiger partial charge on any atom is -0.494 e. The van der Waals surface area contributed by atoms with E-state index >= 15 is 0 Å². The molecular formula is C24H25F3N4O3S. The van der Waals surface area contributed by atoms with Crippen molar-refractivity contribution in [3.05, 3.63) is 58.6 Å². The lowest BCUT2D eigenvalue weighted by Gasteiger charge is -2.17. The first-order chi connectivity index (χ1) is 16.6. The van der Waals surface area contributed by atoms with Crippen molar-refractivity contribution in [3.8, 4) is 28.1 Å². The molecule has 0 saturated carbocycles. The molecule has 0 spiro atoms. The number of aromatic nitrogens is 2. The van der Waals surface area contributed by atoms with Crippen LogP contribution in [0.1, 0.15) is 42.3 Å². The Kier molecular flexibility index (Phi) is 8.67. The summed E-state index contributed by atoms with van der Waals surface area (Å²) in [5, 5.41) is 26.7. The van der Waals surface area contributed by atoms with E-state index in [9.17, 15) is 18.3 Å². The maximum Gasteiger partial charge on any atom is 0.419 e. The van der Waals surface area contributed by atoms with Crippen molar-refractivity contribution in [2.45, 2.75) is 37.9 Å². The number of aliphatic hydroxyl groups excluding tert-OH is 1. The van der Waals surface area contributed by atoms with Gasteiger partial charge in [-0.05, 0) is 62.6 Å². The number of aliphatic hydroxyl groups is 1. The molecule has 0 radical (unpaired) electrons. The van der Waals surface area contributed by atoms with Crippen molar-refractivity contribution in [1.82, 2.24) is 10.2 Å². The minimum atomic E-state index is -4.61. The Labute approximate surface area is 204 Å². The molecule has 7 nitrogen and oxygen atoms in total. The van der Waals surface area contributed by atoms with Crippen molar-refractivity contribution in [2.24, 2.45) is 5.73 Å². The molecule has 0 aliphatic heterocycles. The van der Waals surface area contributed by atoms with Crippen LogP contribution >= 0.6 is 11.3 Å². The maximum absolute atomic E-state index is 13.7. The second-order valence-corrected chi connectivity index (χ2v) is 9.07. The molecule has 186 valence electrons. The van der Waals surface area contributed by atoms with E-state index < -0.39 is 17.3 Å². The van der Waals surface area contributed by atoms with Crippen LogP contribution in [0.2, 0.25) is 0 Å². The van der Waals surface area contributed by atoms with Crippen molar-refractivity contribution in [2.75, 3.05) is 19.8 Å². The Morgan fingerprint density at radius 3 is 2.49 bits per heavy atom. The van der Waals surface area contributed by atoms with Gasteiger partial charge in [-0.3, -0.25) is 0 Å². The molecule has 0 aliphatic rings. The van der Waals surface area contributed by atoms with Gasteiger partial charge in [0, 0.05) is 5.56 Å². The van der Waals surface area contributed by atoms with E-state index in [-0.39, 0.29) is 29.5 Å². The van der Waals surface area contributed by atoms with Gasteiger partial charge >= 0.3 is 6.18 Å². The highest BCUT2D eigenvalue weighted by molar-refractivity contribution is 7.14. The average molecular weight is 507 g/mol. The fraction of sp³-hybridized carbons (Fsp3) is 0.375. The van der Waals surface area contributed by atoms with Crippen molar-refractivity contribution >= 4 is 11.3 Å². The van der Waals surface area contributed by atoms with E-state index in [0.29, 0.717) is 42.2 Å². The van der Waals surface area contributed by atoms with Crippen molar-refractivity contribution < 1.29 is 27.8 Å². The first-order valence-corrected chi connectivity index (χ1v) is 11.7. The minimum absolute atomic E-state index is 0.122. The van der Waals surface area contributed by atoms with Gasteiger partial charge in [0.15, 0.2) is 0 Å². The molecule has 0 aliphatic carbocycles. The number of hydrogen-bond acceptors (Lipinski definition) is 8. The highest BCUT2D eigenvalue weighted by atomic mass is 32.1. The number of nitrogens with two attached hydrogens (primary N) is 1. The number of unbranched alkanes of at least 4 members (excludes halogenated alkanes) is 2. The summed E-state index contributed by atoms with van der Waals surface area (Å²) in [6, 6.07) is 12.6. The van der Waals surface area contributed by atoms with Gasteiger partial charge in [-0.15, -0.1) is 10.2 Å². The number of rotatable bonds is 11. The molecule has 0 bridgehead atoms. The molecule has 11 heteroatoms. The lowest BCUT2D eigenvalue weighted by molar-refractivity contribution is -0.138. The zero-order valence-corrected chi connectivity index (χ0v) is 19.8. The number of hydrogen-bond donors (Lipinski definition) is 2. The zero-order valence-electron chi connectivity index (χ0n) is 19.0. The van der Waals surface area contributed by atoms with Crippen LogP contribution < -0.4 is 15.2 Å². The summed E-state index contributed by atoms with van der Waals surface area (Å²) in [4.78, 5) is 0. The third-order valence-electron chi connectivity index (χ3n) is 5.05. The molecular weight excluding hydrogens is 481 g/mol. The van der Waals surface area contributed by atoms with Crippen LogP contribution in [0.15, 0.2) is 42.5 Å². The average Bonchev–Trinajstić information content (AvgIpc) is 3.34. The molecule has 3 aromatic rings. The highest BCUT2D eigenvalue weighted by Crippen LogP contribution is 2.39. The molecule has 1 aromatic heterocycles. The van der Waals surface area contributed by atoms with Crippen LogP contribution in [-0.4, -0.2) is 35.1 Å². The Morgan fingerprint density at radius 1 is 1.06 bits per heavy atom. The number of ether oxygens (including phenoxy) is 2. The molecule has 0 saturated heterocycles. The first-order valence-electron chi connectivity index (χ1n) is 10.8. The molecule has 3 rings (SSSR count). The van der Waals surface area contributed by atoms with Crippen LogP contribution in [0.25, 0.3) is 10.6 Å². The summed E-state index contributed by atoms with van der Waals surface area (Å²) in [5.74, 6) is 0.347. The Morgan fingerprint density at radius 2 is 1.80 bits per heavy atom. The van der Waals surface area contributed by atoms with Crippen LogP contribution in [0.5, 0.6) is 11.5 Å². The summed E-state index contributed by atoms with van der Waals surface area (Å²) in [6.45, 7) is 1.74. The quantitative estimate of drug-likeness (QED) is 0.356. The third kappa shape index (κ3) is 7.14. The van der Waals surface area contributed by atoms with Gasteiger partial charge in [0.05, 0.1) is 42.6 Å². The first kappa shape index (κ1) is 26.4. The lowest BCUT2D eigenvalue weighted by atomic mass is 10.1. The number of nitrogens with zero attached hydrogens (tertiary/aromatic N) is 3. The lowest BCUT2D eigenvalue weighted by Crippen LogP contribution is -2.36. The number of nitriles is 1. The van der Waals surface area contributed by atoms with E-state index in [2.05, 4.69) is 10.2 Å². The van der Waals surface area contributed by atoms with Crippen LogP contribution in [0, 0.1) is 11.3 Å². The predicted octanol–water partition coefficient (Wildman–Crippen LogP) is 4.89. The van der Waals surface area contributed by atoms with Crippen LogP contribution in [0.4, 0.5) is 13.2 Å². The van der Waals surface area contributed by atoms with Gasteiger partial charge in [-0.25, -0.2) is 0 Å². The second kappa shape index (κ2) is 11.5. The van der Waals surface area contributed by atoms with Crippen LogP contribution in [0.3, 0.4) is 0 Å². The summed E-state index contributed by atoms with van der Waals surface area (Å²) in [7, 11) is 0. The van der Waals surface area contributed by atoms with Crippen molar-refractivity contribution in [3.63, 3.8) is 0 Å². The summed E-state index contributed by atoms with van der Waals surface area (Å²) in [6.07, 6.45) is -2.67. The van der Waals surface area contributed by atoms with E-state index in [0.717, 1.165) is 17.4 Å². The standard InChI is InChI=1S/C24H25F3N4O3S/c1-23(29,15-32)22-31-30-21(35-22)17-8-9-20(19(13-17)24(25,26)27)34-11-4-2-3-10-33-18-7-5-6-16(12-18)14-28/h5-9,12-13,32H,2-4,10-11,15,29H2,1H3. The molecule has 1 heterocycles. The smallest absolute Gasteiger partial charge is 0.419 e. The summed E-state index contributed by atoms with van der Waals surface area (Å²) >= 11 is 1.03. The van der Waals surface area contributed by atoms with E-state index in [1.54, 1.807) is 31.2 Å². The molecule has 0 amide bonds. The third-order valence-corrected chi connectivity index (χ3v) is 6.30. The van der Waals surface area contributed by atoms with Crippen LogP contribution in [-0.2, 0) is 11.7 Å². The fourth-order valence-corrected chi connectivity index (χ4v) is 3.95. The fourth-order valence-electron chi connectivity index (χ4n) is 3.06. The molecule has 0 fully saturated rings. The molecule has 2 aromatic carbocycles. The Bertz CT molecular complexity index is 1180. The summed E-state index contributed by atoms with van der Waals surface area (Å²) in [5.41, 5.74) is 4.65. The van der Waals surface area contributed by atoms with Crippen molar-refractivity contribution in [1.29, 1.82) is 5.26 Å². The van der Waals surface area contributed by atoms with E-state index in [1.165, 1.54) is 12.1 Å². The number of benzene rings is 2. The predicted molar refractivity (Wildman–Crippen MR) is 125 cm³/mol. The topological polar surface area (TPSA) is 114 Å².